The molecule has 3 heterocycles. The summed E-state index contributed by atoms with van der Waals surface area (Å²) in [7, 11) is 0. The highest BCUT2D eigenvalue weighted by Crippen LogP contribution is 2.32. The quantitative estimate of drug-likeness (QED) is 0.687. The van der Waals surface area contributed by atoms with E-state index in [2.05, 4.69) is 10.1 Å². The van der Waals surface area contributed by atoms with E-state index in [0.29, 0.717) is 24.5 Å². The highest BCUT2D eigenvalue weighted by atomic mass is 35.5. The first-order chi connectivity index (χ1) is 11.8. The molecule has 1 amide bonds. The average Bonchev–Trinajstić information content (AvgIpc) is 3.19. The maximum absolute atomic E-state index is 12.7. The van der Waals surface area contributed by atoms with Gasteiger partial charge in [0.05, 0.1) is 10.5 Å². The molecule has 0 radical (unpaired) electrons. The molecule has 1 aliphatic rings. The third kappa shape index (κ3) is 2.66. The van der Waals surface area contributed by atoms with Gasteiger partial charge in [-0.05, 0) is 6.07 Å². The SMILES string of the molecule is O=C(c1cc(C(F)(F)F)[nH]n1)N1CCc2[nH]c3c(Cl)cccc3c2C1. The molecule has 0 saturated carbocycles. The number of amides is 1. The minimum atomic E-state index is -4.56. The molecule has 0 unspecified atom stereocenters. The molecular formula is C16H12ClF3N4O. The van der Waals surface area contributed by atoms with Crippen LogP contribution in [0.3, 0.4) is 0 Å². The second-order valence-electron chi connectivity index (χ2n) is 5.89. The minimum Gasteiger partial charge on any atom is -0.357 e. The molecule has 0 aliphatic carbocycles. The van der Waals surface area contributed by atoms with Gasteiger partial charge in [-0.25, -0.2) is 0 Å². The Morgan fingerprint density at radius 1 is 1.32 bits per heavy atom. The number of benzene rings is 1. The van der Waals surface area contributed by atoms with Gasteiger partial charge in [-0.15, -0.1) is 0 Å². The number of nitrogens with one attached hydrogen (secondary N) is 2. The molecule has 0 fully saturated rings. The maximum atomic E-state index is 12.7. The lowest BCUT2D eigenvalue weighted by Gasteiger charge is -2.26. The van der Waals surface area contributed by atoms with Crippen LogP contribution in [-0.2, 0) is 19.1 Å². The van der Waals surface area contributed by atoms with Crippen molar-refractivity contribution in [2.24, 2.45) is 0 Å². The fraction of sp³-hybridized carbons (Fsp3) is 0.250. The minimum absolute atomic E-state index is 0.242. The predicted molar refractivity (Wildman–Crippen MR) is 85.3 cm³/mol. The molecule has 0 spiro atoms. The van der Waals surface area contributed by atoms with Crippen molar-refractivity contribution in [3.8, 4) is 0 Å². The van der Waals surface area contributed by atoms with E-state index in [1.807, 2.05) is 17.2 Å². The smallest absolute Gasteiger partial charge is 0.357 e. The van der Waals surface area contributed by atoms with E-state index in [-0.39, 0.29) is 5.69 Å². The standard InChI is InChI=1S/C16H12ClF3N4O/c17-10-3-1-2-8-9-7-24(5-4-11(9)21-14(8)10)15(25)12-6-13(23-22-12)16(18,19)20/h1-3,6,21H,4-5,7H2,(H,22,23). The number of carbonyl (C=O) groups is 1. The molecule has 0 saturated heterocycles. The molecule has 9 heteroatoms. The molecule has 2 N–H and O–H groups in total. The van der Waals surface area contributed by atoms with Crippen molar-refractivity contribution >= 4 is 28.4 Å². The summed E-state index contributed by atoms with van der Waals surface area (Å²) in [6.07, 6.45) is -3.99. The summed E-state index contributed by atoms with van der Waals surface area (Å²) in [6.45, 7) is 0.688. The molecule has 1 aromatic carbocycles. The van der Waals surface area contributed by atoms with Crippen LogP contribution in [0.5, 0.6) is 0 Å². The van der Waals surface area contributed by atoms with Gasteiger partial charge in [0, 0.05) is 42.2 Å². The third-order valence-corrected chi connectivity index (χ3v) is 4.66. The number of H-pyrrole nitrogens is 2. The van der Waals surface area contributed by atoms with Crippen LogP contribution in [0.25, 0.3) is 10.9 Å². The van der Waals surface area contributed by atoms with E-state index >= 15 is 0 Å². The first-order valence-corrected chi connectivity index (χ1v) is 7.92. The number of hydrogen-bond donors (Lipinski definition) is 2. The van der Waals surface area contributed by atoms with Crippen molar-refractivity contribution in [1.82, 2.24) is 20.1 Å². The molecule has 1 aliphatic heterocycles. The largest absolute Gasteiger partial charge is 0.432 e. The molecule has 0 bridgehead atoms. The van der Waals surface area contributed by atoms with Crippen molar-refractivity contribution in [2.45, 2.75) is 19.1 Å². The van der Waals surface area contributed by atoms with Gasteiger partial charge >= 0.3 is 6.18 Å². The summed E-state index contributed by atoms with van der Waals surface area (Å²) in [5.41, 5.74) is 1.46. The number of halogens is 4. The molecule has 0 atom stereocenters. The first-order valence-electron chi connectivity index (χ1n) is 7.54. The van der Waals surface area contributed by atoms with Crippen LogP contribution in [0.4, 0.5) is 13.2 Å². The summed E-state index contributed by atoms with van der Waals surface area (Å²) < 4.78 is 38.0. The normalized spacial score (nSPS) is 14.8. The zero-order valence-electron chi connectivity index (χ0n) is 12.7. The number of para-hydroxylation sites is 1. The van der Waals surface area contributed by atoms with Crippen LogP contribution >= 0.6 is 11.6 Å². The van der Waals surface area contributed by atoms with Gasteiger partial charge in [0.25, 0.3) is 5.91 Å². The average molecular weight is 369 g/mol. The van der Waals surface area contributed by atoms with Crippen molar-refractivity contribution in [2.75, 3.05) is 6.54 Å². The van der Waals surface area contributed by atoms with Gasteiger partial charge < -0.3 is 9.88 Å². The van der Waals surface area contributed by atoms with Crippen LogP contribution in [-0.4, -0.2) is 32.5 Å². The Morgan fingerprint density at radius 3 is 2.84 bits per heavy atom. The fourth-order valence-corrected chi connectivity index (χ4v) is 3.34. The number of rotatable bonds is 1. The molecule has 2 aromatic heterocycles. The van der Waals surface area contributed by atoms with E-state index in [9.17, 15) is 18.0 Å². The van der Waals surface area contributed by atoms with Crippen LogP contribution < -0.4 is 0 Å². The Hall–Kier alpha value is -2.48. The monoisotopic (exact) mass is 368 g/mol. The van der Waals surface area contributed by atoms with Crippen molar-refractivity contribution in [3.63, 3.8) is 0 Å². The summed E-state index contributed by atoms with van der Waals surface area (Å²) in [5, 5.41) is 6.89. The van der Waals surface area contributed by atoms with Crippen LogP contribution in [0.1, 0.15) is 27.4 Å². The lowest BCUT2D eigenvalue weighted by atomic mass is 10.0. The summed E-state index contributed by atoms with van der Waals surface area (Å²) >= 11 is 6.18. The summed E-state index contributed by atoms with van der Waals surface area (Å²) in [4.78, 5) is 17.3. The molecule has 3 aromatic rings. The Balaban J connectivity index is 1.64. The zero-order chi connectivity index (χ0) is 17.8. The topological polar surface area (TPSA) is 64.8 Å². The number of fused-ring (bicyclic) bond motifs is 3. The van der Waals surface area contributed by atoms with Crippen molar-refractivity contribution < 1.29 is 18.0 Å². The number of nitrogens with zero attached hydrogens (tertiary/aromatic N) is 2. The lowest BCUT2D eigenvalue weighted by molar-refractivity contribution is -0.141. The molecule has 4 rings (SSSR count). The predicted octanol–water partition coefficient (Wildman–Crippen LogP) is 3.76. The maximum Gasteiger partial charge on any atom is 0.432 e. The summed E-state index contributed by atoms with van der Waals surface area (Å²) in [6, 6.07) is 6.24. The lowest BCUT2D eigenvalue weighted by Crippen LogP contribution is -2.36. The Bertz CT molecular complexity index is 976. The van der Waals surface area contributed by atoms with Crippen LogP contribution in [0.15, 0.2) is 24.3 Å². The highest BCUT2D eigenvalue weighted by molar-refractivity contribution is 6.35. The molecule has 130 valence electrons. The van der Waals surface area contributed by atoms with E-state index in [1.54, 1.807) is 6.07 Å². The number of aromatic amines is 2. The van der Waals surface area contributed by atoms with Gasteiger partial charge in [0.15, 0.2) is 5.69 Å². The van der Waals surface area contributed by atoms with Gasteiger partial charge in [0.2, 0.25) is 0 Å². The van der Waals surface area contributed by atoms with E-state index in [0.717, 1.165) is 28.2 Å². The van der Waals surface area contributed by atoms with Crippen molar-refractivity contribution in [3.05, 3.63) is 51.9 Å². The van der Waals surface area contributed by atoms with Gasteiger partial charge in [-0.3, -0.25) is 9.89 Å². The molecular weight excluding hydrogens is 357 g/mol. The van der Waals surface area contributed by atoms with E-state index in [1.165, 1.54) is 4.90 Å². The number of hydrogen-bond acceptors (Lipinski definition) is 2. The molecule has 5 nitrogen and oxygen atoms in total. The summed E-state index contributed by atoms with van der Waals surface area (Å²) in [5.74, 6) is -0.534. The zero-order valence-corrected chi connectivity index (χ0v) is 13.5. The number of aromatic nitrogens is 3. The highest BCUT2D eigenvalue weighted by Gasteiger charge is 2.35. The second-order valence-corrected chi connectivity index (χ2v) is 6.29. The van der Waals surface area contributed by atoms with Crippen LogP contribution in [0, 0.1) is 0 Å². The molecule has 25 heavy (non-hydrogen) atoms. The van der Waals surface area contributed by atoms with Crippen molar-refractivity contribution in [1.29, 1.82) is 0 Å². The van der Waals surface area contributed by atoms with E-state index in [4.69, 9.17) is 11.6 Å². The Kier molecular flexibility index (Phi) is 3.54. The first kappa shape index (κ1) is 16.0. The van der Waals surface area contributed by atoms with Gasteiger partial charge in [0.1, 0.15) is 5.69 Å². The number of carbonyl (C=O) groups excluding carboxylic acids is 1. The van der Waals surface area contributed by atoms with Gasteiger partial charge in [-0.1, -0.05) is 23.7 Å². The number of alkyl halides is 3. The van der Waals surface area contributed by atoms with Crippen LogP contribution in [0.2, 0.25) is 5.02 Å². The Morgan fingerprint density at radius 2 is 2.12 bits per heavy atom. The fourth-order valence-electron chi connectivity index (χ4n) is 3.11. The van der Waals surface area contributed by atoms with Gasteiger partial charge in [-0.2, -0.15) is 18.3 Å². The second kappa shape index (κ2) is 5.52. The third-order valence-electron chi connectivity index (χ3n) is 4.35. The van der Waals surface area contributed by atoms with E-state index < -0.39 is 17.8 Å². The Labute approximate surface area is 144 Å².